The van der Waals surface area contributed by atoms with Crippen LogP contribution in [0.4, 0.5) is 0 Å². The van der Waals surface area contributed by atoms with Crippen molar-refractivity contribution in [3.63, 3.8) is 0 Å². The van der Waals surface area contributed by atoms with Gasteiger partial charge >= 0.3 is 11.7 Å². The summed E-state index contributed by atoms with van der Waals surface area (Å²) in [6.07, 6.45) is 0.900. The Morgan fingerprint density at radius 2 is 1.83 bits per heavy atom. The molecule has 0 saturated carbocycles. The second kappa shape index (κ2) is 4.33. The molecule has 2 N–H and O–H groups in total. The highest BCUT2D eigenvalue weighted by Crippen LogP contribution is 2.05. The Labute approximate surface area is 101 Å². The van der Waals surface area contributed by atoms with Crippen LogP contribution >= 0.6 is 0 Å². The molecule has 0 fully saturated rings. The Balaban J connectivity index is 2.75. The molecule has 0 aliphatic heterocycles. The lowest BCUT2D eigenvalue weighted by Gasteiger charge is -2.05. The van der Waals surface area contributed by atoms with Crippen LogP contribution in [0.1, 0.15) is 15.9 Å². The highest BCUT2D eigenvalue weighted by atomic mass is 16.4. The van der Waals surface area contributed by atoms with Crippen LogP contribution in [0.3, 0.4) is 0 Å². The number of aryl methyl sites for hydroxylation is 1. The van der Waals surface area contributed by atoms with Gasteiger partial charge in [-0.1, -0.05) is 17.7 Å². The molecule has 1 heterocycles. The van der Waals surface area contributed by atoms with E-state index in [1.165, 1.54) is 0 Å². The molecule has 18 heavy (non-hydrogen) atoms. The number of H-pyrrole nitrogens is 1. The summed E-state index contributed by atoms with van der Waals surface area (Å²) in [5.41, 5.74) is -0.702. The van der Waals surface area contributed by atoms with E-state index < -0.39 is 22.8 Å². The van der Waals surface area contributed by atoms with Gasteiger partial charge in [-0.3, -0.25) is 4.79 Å². The molecule has 0 saturated heterocycles. The third-order valence-electron chi connectivity index (χ3n) is 2.50. The normalized spacial score (nSPS) is 10.3. The third kappa shape index (κ3) is 1.95. The summed E-state index contributed by atoms with van der Waals surface area (Å²) in [5.74, 6) is -1.38. The van der Waals surface area contributed by atoms with Gasteiger partial charge in [0.1, 0.15) is 5.56 Å². The molecule has 0 atom stereocenters. The number of hydrogen-bond donors (Lipinski definition) is 2. The molecule has 0 unspecified atom stereocenters. The SMILES string of the molecule is Cc1ccc(-n2c(=O)[nH]cc(C(=O)O)c2=O)cc1. The van der Waals surface area contributed by atoms with Crippen molar-refractivity contribution in [1.82, 2.24) is 9.55 Å². The molecule has 0 bridgehead atoms. The molecule has 0 aliphatic rings. The monoisotopic (exact) mass is 246 g/mol. The average Bonchev–Trinajstić information content (AvgIpc) is 2.31. The number of benzene rings is 1. The largest absolute Gasteiger partial charge is 0.477 e. The van der Waals surface area contributed by atoms with E-state index in [4.69, 9.17) is 5.11 Å². The van der Waals surface area contributed by atoms with Gasteiger partial charge in [0.05, 0.1) is 5.69 Å². The molecule has 0 spiro atoms. The van der Waals surface area contributed by atoms with Crippen molar-refractivity contribution >= 4 is 5.97 Å². The van der Waals surface area contributed by atoms with Crippen LogP contribution in [0.5, 0.6) is 0 Å². The van der Waals surface area contributed by atoms with E-state index in [9.17, 15) is 14.4 Å². The summed E-state index contributed by atoms with van der Waals surface area (Å²) in [5, 5.41) is 8.84. The summed E-state index contributed by atoms with van der Waals surface area (Å²) in [4.78, 5) is 36.6. The van der Waals surface area contributed by atoms with Crippen molar-refractivity contribution in [2.24, 2.45) is 0 Å². The van der Waals surface area contributed by atoms with Crippen molar-refractivity contribution in [3.05, 3.63) is 62.4 Å². The van der Waals surface area contributed by atoms with Gasteiger partial charge < -0.3 is 10.1 Å². The number of nitrogens with zero attached hydrogens (tertiary/aromatic N) is 1. The van der Waals surface area contributed by atoms with Gasteiger partial charge in [0, 0.05) is 6.20 Å². The Morgan fingerprint density at radius 1 is 1.22 bits per heavy atom. The van der Waals surface area contributed by atoms with Gasteiger partial charge in [-0.2, -0.15) is 0 Å². The first-order valence-corrected chi connectivity index (χ1v) is 5.16. The Kier molecular flexibility index (Phi) is 2.85. The molecular weight excluding hydrogens is 236 g/mol. The molecule has 0 aliphatic carbocycles. The molecule has 6 heteroatoms. The van der Waals surface area contributed by atoms with Crippen molar-refractivity contribution in [2.75, 3.05) is 0 Å². The second-order valence-electron chi connectivity index (χ2n) is 3.79. The number of aromatic amines is 1. The van der Waals surface area contributed by atoms with E-state index in [0.29, 0.717) is 5.69 Å². The lowest BCUT2D eigenvalue weighted by atomic mass is 10.2. The maximum atomic E-state index is 11.9. The van der Waals surface area contributed by atoms with E-state index in [1.54, 1.807) is 24.3 Å². The minimum atomic E-state index is -1.38. The Bertz CT molecular complexity index is 710. The Morgan fingerprint density at radius 3 is 2.39 bits per heavy atom. The lowest BCUT2D eigenvalue weighted by molar-refractivity contribution is 0.0694. The average molecular weight is 246 g/mol. The van der Waals surface area contributed by atoms with E-state index >= 15 is 0 Å². The molecule has 92 valence electrons. The first-order chi connectivity index (χ1) is 8.50. The lowest BCUT2D eigenvalue weighted by Crippen LogP contribution is -2.36. The van der Waals surface area contributed by atoms with Crippen molar-refractivity contribution in [1.29, 1.82) is 0 Å². The van der Waals surface area contributed by atoms with Crippen molar-refractivity contribution in [3.8, 4) is 5.69 Å². The van der Waals surface area contributed by atoms with Crippen LogP contribution in [-0.2, 0) is 0 Å². The molecule has 2 aromatic rings. The summed E-state index contributed by atoms with van der Waals surface area (Å²) in [6, 6.07) is 6.62. The highest BCUT2D eigenvalue weighted by molar-refractivity contribution is 5.86. The van der Waals surface area contributed by atoms with E-state index in [0.717, 1.165) is 16.3 Å². The first kappa shape index (κ1) is 11.8. The second-order valence-corrected chi connectivity index (χ2v) is 3.79. The van der Waals surface area contributed by atoms with Gasteiger partial charge in [-0.25, -0.2) is 14.2 Å². The number of aromatic nitrogens is 2. The number of aromatic carboxylic acids is 1. The van der Waals surface area contributed by atoms with Gasteiger partial charge in [0.25, 0.3) is 5.56 Å². The number of carbonyl (C=O) groups is 1. The molecule has 1 aromatic heterocycles. The molecule has 0 radical (unpaired) electrons. The zero-order chi connectivity index (χ0) is 13.3. The van der Waals surface area contributed by atoms with Gasteiger partial charge in [0.2, 0.25) is 0 Å². The molecule has 1 aromatic carbocycles. The summed E-state index contributed by atoms with van der Waals surface area (Å²) < 4.78 is 0.795. The maximum Gasteiger partial charge on any atom is 0.342 e. The van der Waals surface area contributed by atoms with Gasteiger partial charge in [-0.05, 0) is 19.1 Å². The van der Waals surface area contributed by atoms with E-state index in [-0.39, 0.29) is 0 Å². The van der Waals surface area contributed by atoms with E-state index in [1.807, 2.05) is 6.92 Å². The highest BCUT2D eigenvalue weighted by Gasteiger charge is 2.14. The van der Waals surface area contributed by atoms with Crippen LogP contribution in [0.15, 0.2) is 40.1 Å². The molecular formula is C12H10N2O4. The first-order valence-electron chi connectivity index (χ1n) is 5.16. The van der Waals surface area contributed by atoms with Gasteiger partial charge in [0.15, 0.2) is 0 Å². The van der Waals surface area contributed by atoms with Crippen LogP contribution in [0.2, 0.25) is 0 Å². The zero-order valence-corrected chi connectivity index (χ0v) is 9.51. The number of nitrogens with one attached hydrogen (secondary N) is 1. The predicted molar refractivity (Wildman–Crippen MR) is 64.4 cm³/mol. The fourth-order valence-electron chi connectivity index (χ4n) is 1.55. The van der Waals surface area contributed by atoms with Crippen LogP contribution in [0.25, 0.3) is 5.69 Å². The molecule has 2 rings (SSSR count). The minimum Gasteiger partial charge on any atom is -0.477 e. The van der Waals surface area contributed by atoms with Crippen LogP contribution in [-0.4, -0.2) is 20.6 Å². The topological polar surface area (TPSA) is 92.2 Å². The number of rotatable bonds is 2. The minimum absolute atomic E-state index is 0.329. The molecule has 0 amide bonds. The Hall–Kier alpha value is -2.63. The smallest absolute Gasteiger partial charge is 0.342 e. The zero-order valence-electron chi connectivity index (χ0n) is 9.51. The fourth-order valence-corrected chi connectivity index (χ4v) is 1.55. The van der Waals surface area contributed by atoms with Crippen molar-refractivity contribution < 1.29 is 9.90 Å². The number of carboxylic acids is 1. The summed E-state index contributed by atoms with van der Waals surface area (Å²) >= 11 is 0. The van der Waals surface area contributed by atoms with Crippen LogP contribution in [0, 0.1) is 6.92 Å². The fraction of sp³-hybridized carbons (Fsp3) is 0.0833. The van der Waals surface area contributed by atoms with Crippen molar-refractivity contribution in [2.45, 2.75) is 6.92 Å². The number of carboxylic acid groups (broad SMARTS) is 1. The van der Waals surface area contributed by atoms with E-state index in [2.05, 4.69) is 4.98 Å². The quantitative estimate of drug-likeness (QED) is 0.808. The van der Waals surface area contributed by atoms with Crippen LogP contribution < -0.4 is 11.2 Å². The maximum absolute atomic E-state index is 11.9. The molecule has 6 nitrogen and oxygen atoms in total. The number of hydrogen-bond acceptors (Lipinski definition) is 3. The summed E-state index contributed by atoms with van der Waals surface area (Å²) in [7, 11) is 0. The van der Waals surface area contributed by atoms with Gasteiger partial charge in [-0.15, -0.1) is 0 Å². The third-order valence-corrected chi connectivity index (χ3v) is 2.50. The summed E-state index contributed by atoms with van der Waals surface area (Å²) in [6.45, 7) is 1.87. The standard InChI is InChI=1S/C12H10N2O4/c1-7-2-4-8(5-3-7)14-10(15)9(11(16)17)6-13-12(14)18/h2-6H,1H3,(H,13,18)(H,16,17). The predicted octanol–water partition coefficient (Wildman–Crippen LogP) is 0.532.